The first-order valence-corrected chi connectivity index (χ1v) is 21.3. The summed E-state index contributed by atoms with van der Waals surface area (Å²) in [6, 6.07) is 40.4. The summed E-state index contributed by atoms with van der Waals surface area (Å²) in [4.78, 5) is 9.98. The van der Waals surface area contributed by atoms with Gasteiger partial charge in [-0.15, -0.1) is 6.42 Å². The molecule has 0 unspecified atom stereocenters. The summed E-state index contributed by atoms with van der Waals surface area (Å²) in [5, 5.41) is 23.6. The minimum Gasteiger partial charge on any atom is -0.406 e. The Balaban J connectivity index is 0.000000251. The number of aldehydes is 1. The Hall–Kier alpha value is -4.09. The molecule has 1 saturated heterocycles. The van der Waals surface area contributed by atoms with Crippen molar-refractivity contribution in [2.45, 2.75) is 89.1 Å². The number of aliphatic hydroxyl groups is 2. The number of hydrogen-bond acceptors (Lipinski definition) is 5. The SMILES string of the molecule is C#CCO[Si](C)(C)C(C)(C)C.O=CCCc1ccccc1.OC(c1ccccc1)(c1ccccc1)[C@@H]1CCCN1.OC/C=C/CCc1ccccc1. The van der Waals surface area contributed by atoms with Gasteiger partial charge in [0.2, 0.25) is 0 Å². The molecule has 52 heavy (non-hydrogen) atoms. The highest BCUT2D eigenvalue weighted by Crippen LogP contribution is 2.37. The third-order valence-electron chi connectivity index (χ3n) is 9.42. The second-order valence-corrected chi connectivity index (χ2v) is 19.1. The molecule has 3 N–H and O–H groups in total. The molecule has 5 rings (SSSR count). The molecule has 1 aliphatic heterocycles. The Labute approximate surface area is 315 Å². The maximum absolute atomic E-state index is 11.4. The van der Waals surface area contributed by atoms with Crippen LogP contribution in [0.1, 0.15) is 68.7 Å². The van der Waals surface area contributed by atoms with Crippen LogP contribution in [0.4, 0.5) is 0 Å². The van der Waals surface area contributed by atoms with Crippen molar-refractivity contribution in [2.75, 3.05) is 19.8 Å². The fraction of sp³-hybridized carbons (Fsp3) is 0.370. The molecule has 1 atom stereocenters. The van der Waals surface area contributed by atoms with Crippen LogP contribution >= 0.6 is 0 Å². The summed E-state index contributed by atoms with van der Waals surface area (Å²) in [5.41, 5.74) is 3.55. The van der Waals surface area contributed by atoms with Crippen LogP contribution < -0.4 is 5.32 Å². The van der Waals surface area contributed by atoms with Crippen LogP contribution in [0.15, 0.2) is 133 Å². The molecule has 0 spiro atoms. The van der Waals surface area contributed by atoms with E-state index in [0.717, 1.165) is 56.1 Å². The van der Waals surface area contributed by atoms with E-state index in [1.807, 2.05) is 115 Å². The maximum Gasteiger partial charge on any atom is 0.193 e. The van der Waals surface area contributed by atoms with Crippen molar-refractivity contribution >= 4 is 14.6 Å². The number of aryl methyl sites for hydroxylation is 2. The van der Waals surface area contributed by atoms with Crippen LogP contribution in [0.3, 0.4) is 0 Å². The van der Waals surface area contributed by atoms with Crippen LogP contribution in [0, 0.1) is 12.3 Å². The fourth-order valence-electron chi connectivity index (χ4n) is 5.39. The lowest BCUT2D eigenvalue weighted by Crippen LogP contribution is -2.46. The van der Waals surface area contributed by atoms with E-state index in [-0.39, 0.29) is 17.7 Å². The smallest absolute Gasteiger partial charge is 0.193 e. The topological polar surface area (TPSA) is 78.8 Å². The van der Waals surface area contributed by atoms with Gasteiger partial charge in [0.15, 0.2) is 8.32 Å². The standard InChI is InChI=1S/C17H19NO.C11H14O.C9H18OSi.C9H10O/c19-17(16-12-7-13-18-16,14-8-3-1-4-9-14)15-10-5-2-6-11-15;12-10-6-2-5-9-11-7-3-1-4-8-11;1-7-8-10-11(5,6)9(2,3)4;10-8-4-7-9-5-2-1-3-6-9/h1-6,8-11,16,18-19H,7,12-13H2;1-4,6-8,12H,5,9-10H2;1H,8H2,2-6H3;1-3,5-6,8H,4,7H2/b;6-2+;;/t16-;;;/m0.../s1. The van der Waals surface area contributed by atoms with E-state index in [1.54, 1.807) is 6.08 Å². The zero-order valence-corrected chi connectivity index (χ0v) is 33.0. The van der Waals surface area contributed by atoms with Crippen molar-refractivity contribution in [3.63, 3.8) is 0 Å². The number of terminal acetylenes is 1. The number of carbonyl (C=O) groups is 1. The first kappa shape index (κ1) is 44.1. The van der Waals surface area contributed by atoms with E-state index >= 15 is 0 Å². The van der Waals surface area contributed by atoms with Gasteiger partial charge < -0.3 is 24.8 Å². The minimum atomic E-state index is -1.57. The van der Waals surface area contributed by atoms with Crippen molar-refractivity contribution in [3.05, 3.63) is 156 Å². The number of allylic oxidation sites excluding steroid dienone is 1. The lowest BCUT2D eigenvalue weighted by Gasteiger charge is -2.35. The normalized spacial score (nSPS) is 14.1. The molecule has 4 aromatic carbocycles. The Morgan fingerprint density at radius 2 is 1.25 bits per heavy atom. The Kier molecular flexibility index (Phi) is 20.5. The zero-order chi connectivity index (χ0) is 38.1. The molecule has 6 heteroatoms. The highest BCUT2D eigenvalue weighted by atomic mass is 28.4. The van der Waals surface area contributed by atoms with Gasteiger partial charge in [-0.2, -0.15) is 0 Å². The van der Waals surface area contributed by atoms with Crippen LogP contribution in [0.2, 0.25) is 18.1 Å². The summed E-state index contributed by atoms with van der Waals surface area (Å²) in [6.45, 7) is 12.6. The van der Waals surface area contributed by atoms with Gasteiger partial charge in [-0.1, -0.05) is 160 Å². The van der Waals surface area contributed by atoms with Gasteiger partial charge in [0.1, 0.15) is 11.9 Å². The molecule has 0 saturated carbocycles. The van der Waals surface area contributed by atoms with Gasteiger partial charge in [-0.05, 0) is 79.0 Å². The predicted octanol–water partition coefficient (Wildman–Crippen LogP) is 9.30. The second kappa shape index (κ2) is 24.2. The van der Waals surface area contributed by atoms with E-state index in [0.29, 0.717) is 13.0 Å². The molecule has 1 fully saturated rings. The van der Waals surface area contributed by atoms with Crippen molar-refractivity contribution in [1.29, 1.82) is 0 Å². The molecule has 0 aromatic heterocycles. The van der Waals surface area contributed by atoms with Gasteiger partial charge in [0, 0.05) is 12.5 Å². The molecule has 278 valence electrons. The summed E-state index contributed by atoms with van der Waals surface area (Å²) in [7, 11) is -1.57. The first-order valence-electron chi connectivity index (χ1n) is 18.4. The van der Waals surface area contributed by atoms with E-state index in [4.69, 9.17) is 16.0 Å². The molecular formula is C46H61NO4Si. The van der Waals surface area contributed by atoms with Crippen molar-refractivity contribution in [2.24, 2.45) is 0 Å². The van der Waals surface area contributed by atoms with Gasteiger partial charge in [0.25, 0.3) is 0 Å². The van der Waals surface area contributed by atoms with Gasteiger partial charge >= 0.3 is 0 Å². The van der Waals surface area contributed by atoms with Crippen molar-refractivity contribution in [1.82, 2.24) is 5.32 Å². The average Bonchev–Trinajstić information content (AvgIpc) is 3.73. The van der Waals surface area contributed by atoms with Crippen LogP contribution in [0.5, 0.6) is 0 Å². The predicted molar refractivity (Wildman–Crippen MR) is 221 cm³/mol. The lowest BCUT2D eigenvalue weighted by atomic mass is 9.79. The minimum absolute atomic E-state index is 0.0808. The number of hydrogen-bond donors (Lipinski definition) is 3. The number of benzene rings is 4. The summed E-state index contributed by atoms with van der Waals surface area (Å²) < 4.78 is 5.65. The van der Waals surface area contributed by atoms with Gasteiger partial charge in [-0.25, -0.2) is 0 Å². The first-order chi connectivity index (χ1) is 25.0. The fourth-order valence-corrected chi connectivity index (χ4v) is 6.27. The Morgan fingerprint density at radius 3 is 1.63 bits per heavy atom. The maximum atomic E-state index is 11.4. The molecule has 0 aliphatic carbocycles. The molecule has 0 radical (unpaired) electrons. The van der Waals surface area contributed by atoms with E-state index in [1.165, 1.54) is 11.1 Å². The van der Waals surface area contributed by atoms with Crippen LogP contribution in [-0.2, 0) is 27.7 Å². The van der Waals surface area contributed by atoms with E-state index in [9.17, 15) is 9.90 Å². The quantitative estimate of drug-likeness (QED) is 0.0589. The summed E-state index contributed by atoms with van der Waals surface area (Å²) in [6.07, 6.45) is 15.5. The monoisotopic (exact) mass is 719 g/mol. The Bertz CT molecular complexity index is 1520. The average molecular weight is 720 g/mol. The molecule has 1 aliphatic rings. The Morgan fingerprint density at radius 1 is 0.788 bits per heavy atom. The van der Waals surface area contributed by atoms with E-state index in [2.05, 4.69) is 57.2 Å². The zero-order valence-electron chi connectivity index (χ0n) is 32.0. The number of rotatable bonds is 12. The second-order valence-electron chi connectivity index (χ2n) is 14.3. The molecule has 5 nitrogen and oxygen atoms in total. The van der Waals surface area contributed by atoms with Crippen LogP contribution in [0.25, 0.3) is 0 Å². The highest BCUT2D eigenvalue weighted by Gasteiger charge is 2.41. The summed E-state index contributed by atoms with van der Waals surface area (Å²) >= 11 is 0. The highest BCUT2D eigenvalue weighted by molar-refractivity contribution is 6.74. The summed E-state index contributed by atoms with van der Waals surface area (Å²) in [5.74, 6) is 2.51. The molecule has 1 heterocycles. The van der Waals surface area contributed by atoms with Crippen LogP contribution in [-0.4, -0.2) is 50.6 Å². The third kappa shape index (κ3) is 15.7. The van der Waals surface area contributed by atoms with Gasteiger partial charge in [0.05, 0.1) is 13.2 Å². The molecule has 0 amide bonds. The largest absolute Gasteiger partial charge is 0.406 e. The molecular weight excluding hydrogens is 659 g/mol. The van der Waals surface area contributed by atoms with Crippen molar-refractivity contribution < 1.29 is 19.4 Å². The molecule has 4 aromatic rings. The number of aliphatic hydroxyl groups excluding tert-OH is 1. The van der Waals surface area contributed by atoms with Gasteiger partial charge in [-0.3, -0.25) is 0 Å². The lowest BCUT2D eigenvalue weighted by molar-refractivity contribution is -0.107. The number of carbonyl (C=O) groups excluding carboxylic acids is 1. The number of nitrogens with one attached hydrogen (secondary N) is 1. The van der Waals surface area contributed by atoms with E-state index < -0.39 is 13.9 Å². The van der Waals surface area contributed by atoms with Crippen molar-refractivity contribution in [3.8, 4) is 12.3 Å². The molecule has 0 bridgehead atoms. The third-order valence-corrected chi connectivity index (χ3v) is 13.9.